The Bertz CT molecular complexity index is 411. The monoisotopic (exact) mass is 263 g/mol. The quantitative estimate of drug-likeness (QED) is 0.706. The highest BCUT2D eigenvalue weighted by atomic mass is 16.5. The smallest absolute Gasteiger partial charge is 0.222 e. The van der Waals surface area contributed by atoms with Crippen LogP contribution in [0.25, 0.3) is 0 Å². The number of carbonyl (C=O) groups is 1. The molecule has 1 amide bonds. The SMILES string of the molecule is CCN(CC)C(=O)CCCOc1ccc(C)c(C)c1. The van der Waals surface area contributed by atoms with Crippen LogP contribution < -0.4 is 4.74 Å². The third-order valence-corrected chi connectivity index (χ3v) is 3.40. The Kier molecular flexibility index (Phi) is 6.40. The second kappa shape index (κ2) is 7.82. The van der Waals surface area contributed by atoms with Gasteiger partial charge in [0.25, 0.3) is 0 Å². The normalized spacial score (nSPS) is 10.3. The van der Waals surface area contributed by atoms with Gasteiger partial charge in [-0.1, -0.05) is 6.07 Å². The van der Waals surface area contributed by atoms with Crippen molar-refractivity contribution in [1.82, 2.24) is 4.90 Å². The van der Waals surface area contributed by atoms with Gasteiger partial charge in [-0.15, -0.1) is 0 Å². The van der Waals surface area contributed by atoms with Crippen LogP contribution in [0, 0.1) is 13.8 Å². The van der Waals surface area contributed by atoms with Crippen molar-refractivity contribution in [3.05, 3.63) is 29.3 Å². The summed E-state index contributed by atoms with van der Waals surface area (Å²) in [4.78, 5) is 13.6. The molecule has 106 valence electrons. The van der Waals surface area contributed by atoms with Crippen molar-refractivity contribution < 1.29 is 9.53 Å². The summed E-state index contributed by atoms with van der Waals surface area (Å²) in [5.41, 5.74) is 2.50. The van der Waals surface area contributed by atoms with Gasteiger partial charge in [-0.2, -0.15) is 0 Å². The lowest BCUT2D eigenvalue weighted by atomic mass is 10.1. The van der Waals surface area contributed by atoms with Gasteiger partial charge in [-0.25, -0.2) is 0 Å². The summed E-state index contributed by atoms with van der Waals surface area (Å²) in [6.45, 7) is 10.3. The number of benzene rings is 1. The molecule has 0 aliphatic rings. The zero-order valence-corrected chi connectivity index (χ0v) is 12.5. The van der Waals surface area contributed by atoms with Gasteiger partial charge in [-0.3, -0.25) is 4.79 Å². The molecule has 0 spiro atoms. The van der Waals surface area contributed by atoms with E-state index in [4.69, 9.17) is 4.74 Å². The third-order valence-electron chi connectivity index (χ3n) is 3.40. The Morgan fingerprint density at radius 3 is 2.42 bits per heavy atom. The highest BCUT2D eigenvalue weighted by molar-refractivity contribution is 5.76. The van der Waals surface area contributed by atoms with Gasteiger partial charge in [0, 0.05) is 19.5 Å². The summed E-state index contributed by atoms with van der Waals surface area (Å²) in [5.74, 6) is 1.10. The number of ether oxygens (including phenoxy) is 1. The molecule has 3 nitrogen and oxygen atoms in total. The second-order valence-corrected chi connectivity index (χ2v) is 4.76. The van der Waals surface area contributed by atoms with Gasteiger partial charge in [0.05, 0.1) is 6.61 Å². The molecule has 19 heavy (non-hydrogen) atoms. The summed E-state index contributed by atoms with van der Waals surface area (Å²) in [5, 5.41) is 0. The van der Waals surface area contributed by atoms with Gasteiger partial charge < -0.3 is 9.64 Å². The summed E-state index contributed by atoms with van der Waals surface area (Å²) in [6.07, 6.45) is 1.33. The Labute approximate surface area is 116 Å². The van der Waals surface area contributed by atoms with E-state index in [1.165, 1.54) is 11.1 Å². The van der Waals surface area contributed by atoms with Crippen molar-refractivity contribution in [1.29, 1.82) is 0 Å². The molecular weight excluding hydrogens is 238 g/mol. The molecule has 1 aromatic carbocycles. The van der Waals surface area contributed by atoms with Crippen molar-refractivity contribution in [2.45, 2.75) is 40.5 Å². The van der Waals surface area contributed by atoms with Gasteiger partial charge in [-0.05, 0) is 57.4 Å². The van der Waals surface area contributed by atoms with Crippen LogP contribution in [-0.2, 0) is 4.79 Å². The molecule has 3 heteroatoms. The molecule has 0 radical (unpaired) electrons. The van der Waals surface area contributed by atoms with E-state index in [1.807, 2.05) is 30.9 Å². The van der Waals surface area contributed by atoms with Crippen LogP contribution in [0.5, 0.6) is 5.75 Å². The molecule has 0 aromatic heterocycles. The minimum Gasteiger partial charge on any atom is -0.494 e. The molecular formula is C16H25NO2. The third kappa shape index (κ3) is 4.93. The molecule has 1 rings (SSSR count). The van der Waals surface area contributed by atoms with E-state index in [0.717, 1.165) is 25.3 Å². The van der Waals surface area contributed by atoms with Crippen LogP contribution in [0.1, 0.15) is 37.8 Å². The molecule has 1 aromatic rings. The van der Waals surface area contributed by atoms with Crippen LogP contribution in [0.3, 0.4) is 0 Å². The lowest BCUT2D eigenvalue weighted by Gasteiger charge is -2.18. The summed E-state index contributed by atoms with van der Waals surface area (Å²) < 4.78 is 5.67. The van der Waals surface area contributed by atoms with Gasteiger partial charge in [0.15, 0.2) is 0 Å². The molecule has 0 N–H and O–H groups in total. The predicted molar refractivity (Wildman–Crippen MR) is 78.6 cm³/mol. The topological polar surface area (TPSA) is 29.5 Å². The maximum Gasteiger partial charge on any atom is 0.222 e. The number of hydrogen-bond donors (Lipinski definition) is 0. The van der Waals surface area contributed by atoms with E-state index in [2.05, 4.69) is 19.9 Å². The summed E-state index contributed by atoms with van der Waals surface area (Å²) in [7, 11) is 0. The van der Waals surface area contributed by atoms with Gasteiger partial charge in [0.2, 0.25) is 5.91 Å². The summed E-state index contributed by atoms with van der Waals surface area (Å²) >= 11 is 0. The van der Waals surface area contributed by atoms with Crippen LogP contribution in [0.15, 0.2) is 18.2 Å². The minimum atomic E-state index is 0.216. The number of nitrogens with zero attached hydrogens (tertiary/aromatic N) is 1. The van der Waals surface area contributed by atoms with E-state index >= 15 is 0 Å². The fourth-order valence-corrected chi connectivity index (χ4v) is 1.95. The molecule has 0 saturated carbocycles. The van der Waals surface area contributed by atoms with E-state index in [9.17, 15) is 4.79 Å². The zero-order chi connectivity index (χ0) is 14.3. The highest BCUT2D eigenvalue weighted by Gasteiger charge is 2.08. The average molecular weight is 263 g/mol. The first kappa shape index (κ1) is 15.5. The van der Waals surface area contributed by atoms with Crippen molar-refractivity contribution >= 4 is 5.91 Å². The number of aryl methyl sites for hydroxylation is 2. The molecule has 0 atom stereocenters. The molecule has 0 aliphatic carbocycles. The second-order valence-electron chi connectivity index (χ2n) is 4.76. The largest absolute Gasteiger partial charge is 0.494 e. The Balaban J connectivity index is 2.31. The van der Waals surface area contributed by atoms with Gasteiger partial charge in [0.1, 0.15) is 5.75 Å². The number of amides is 1. The zero-order valence-electron chi connectivity index (χ0n) is 12.5. The van der Waals surface area contributed by atoms with Crippen LogP contribution in [0.2, 0.25) is 0 Å². The highest BCUT2D eigenvalue weighted by Crippen LogP contribution is 2.16. The first-order valence-electron chi connectivity index (χ1n) is 7.06. The predicted octanol–water partition coefficient (Wildman–Crippen LogP) is 3.33. The standard InChI is InChI=1S/C16H25NO2/c1-5-17(6-2)16(18)8-7-11-19-15-10-9-13(3)14(4)12-15/h9-10,12H,5-8,11H2,1-4H3. The average Bonchev–Trinajstić information content (AvgIpc) is 2.40. The lowest BCUT2D eigenvalue weighted by Crippen LogP contribution is -2.30. The van der Waals surface area contributed by atoms with Crippen molar-refractivity contribution in [3.8, 4) is 5.75 Å². The minimum absolute atomic E-state index is 0.216. The van der Waals surface area contributed by atoms with E-state index < -0.39 is 0 Å². The molecule has 0 fully saturated rings. The number of hydrogen-bond acceptors (Lipinski definition) is 2. The Morgan fingerprint density at radius 2 is 1.84 bits per heavy atom. The lowest BCUT2D eigenvalue weighted by molar-refractivity contribution is -0.131. The number of rotatable bonds is 7. The van der Waals surface area contributed by atoms with Crippen LogP contribution in [-0.4, -0.2) is 30.5 Å². The molecule has 0 bridgehead atoms. The Hall–Kier alpha value is -1.51. The first-order valence-corrected chi connectivity index (χ1v) is 7.06. The van der Waals surface area contributed by atoms with Gasteiger partial charge >= 0.3 is 0 Å². The van der Waals surface area contributed by atoms with Crippen LogP contribution in [0.4, 0.5) is 0 Å². The van der Waals surface area contributed by atoms with Crippen molar-refractivity contribution in [3.63, 3.8) is 0 Å². The molecule has 0 aliphatic heterocycles. The van der Waals surface area contributed by atoms with E-state index in [-0.39, 0.29) is 5.91 Å². The molecule has 0 heterocycles. The fourth-order valence-electron chi connectivity index (χ4n) is 1.95. The fraction of sp³-hybridized carbons (Fsp3) is 0.562. The van der Waals surface area contributed by atoms with Crippen molar-refractivity contribution in [2.75, 3.05) is 19.7 Å². The van der Waals surface area contributed by atoms with Crippen molar-refractivity contribution in [2.24, 2.45) is 0 Å². The first-order chi connectivity index (χ1) is 9.08. The Morgan fingerprint density at radius 1 is 1.16 bits per heavy atom. The summed E-state index contributed by atoms with van der Waals surface area (Å²) in [6, 6.07) is 6.09. The van der Waals surface area contributed by atoms with Crippen LogP contribution >= 0.6 is 0 Å². The maximum absolute atomic E-state index is 11.8. The maximum atomic E-state index is 11.8. The van der Waals surface area contributed by atoms with E-state index in [1.54, 1.807) is 0 Å². The van der Waals surface area contributed by atoms with E-state index in [0.29, 0.717) is 13.0 Å². The molecule has 0 saturated heterocycles. The molecule has 0 unspecified atom stereocenters. The number of carbonyl (C=O) groups excluding carboxylic acids is 1.